The molecule has 3 N–H and O–H groups in total. The van der Waals surface area contributed by atoms with Gasteiger partial charge in [-0.2, -0.15) is 0 Å². The van der Waals surface area contributed by atoms with Crippen LogP contribution in [0.25, 0.3) is 0 Å². The molecule has 1 aliphatic heterocycles. The van der Waals surface area contributed by atoms with Crippen molar-refractivity contribution in [2.45, 2.75) is 69.9 Å². The molecule has 2 unspecified atom stereocenters. The van der Waals surface area contributed by atoms with E-state index in [1.165, 1.54) is 19.3 Å². The van der Waals surface area contributed by atoms with Crippen molar-refractivity contribution in [3.05, 3.63) is 0 Å². The summed E-state index contributed by atoms with van der Waals surface area (Å²) in [6.45, 7) is 2.59. The number of hydrogen-bond donors (Lipinski definition) is 2. The minimum Gasteiger partial charge on any atom is -0.339 e. The second-order valence-corrected chi connectivity index (χ2v) is 7.72. The molecule has 0 radical (unpaired) electrons. The third-order valence-electron chi connectivity index (χ3n) is 5.88. The van der Waals surface area contributed by atoms with E-state index >= 15 is 0 Å². The molecule has 2 saturated carbocycles. The molecule has 3 amide bonds. The van der Waals surface area contributed by atoms with E-state index in [4.69, 9.17) is 5.73 Å². The summed E-state index contributed by atoms with van der Waals surface area (Å²) in [7, 11) is 0. The lowest BCUT2D eigenvalue weighted by Crippen LogP contribution is -2.55. The summed E-state index contributed by atoms with van der Waals surface area (Å²) in [5.74, 6) is 0.342. The van der Waals surface area contributed by atoms with Gasteiger partial charge >= 0.3 is 6.03 Å². The standard InChI is InChI=1S/C18H32N4O2.ClH/c19-15-6-4-5-14(13-15)17(23)21-9-11-22(12-10-21)18(24)20-16-7-2-1-3-8-16;/h14-16H,1-13,19H2,(H,20,24);1H. The van der Waals surface area contributed by atoms with Crippen molar-refractivity contribution in [3.63, 3.8) is 0 Å². The third kappa shape index (κ3) is 5.48. The van der Waals surface area contributed by atoms with Crippen LogP contribution in [-0.4, -0.2) is 60.0 Å². The maximum absolute atomic E-state index is 12.6. The quantitative estimate of drug-likeness (QED) is 0.779. The van der Waals surface area contributed by atoms with Gasteiger partial charge in [-0.05, 0) is 32.1 Å². The Morgan fingerprint density at radius 1 is 0.840 bits per heavy atom. The van der Waals surface area contributed by atoms with E-state index in [0.717, 1.165) is 38.5 Å². The summed E-state index contributed by atoms with van der Waals surface area (Å²) in [5, 5.41) is 3.17. The van der Waals surface area contributed by atoms with Gasteiger partial charge in [0.25, 0.3) is 0 Å². The van der Waals surface area contributed by atoms with Crippen molar-refractivity contribution >= 4 is 24.3 Å². The highest BCUT2D eigenvalue weighted by Gasteiger charge is 2.32. The Bertz CT molecular complexity index is 448. The molecule has 3 fully saturated rings. The Kier molecular flexibility index (Phi) is 7.81. The molecule has 3 rings (SSSR count). The first kappa shape index (κ1) is 20.3. The number of rotatable bonds is 2. The van der Waals surface area contributed by atoms with Crippen molar-refractivity contribution in [2.75, 3.05) is 26.2 Å². The van der Waals surface area contributed by atoms with Crippen LogP contribution in [0.3, 0.4) is 0 Å². The maximum Gasteiger partial charge on any atom is 0.317 e. The molecule has 2 aliphatic carbocycles. The number of nitrogens with two attached hydrogens (primary N) is 1. The Labute approximate surface area is 157 Å². The molecule has 0 bridgehead atoms. The van der Waals surface area contributed by atoms with Crippen LogP contribution in [0.15, 0.2) is 0 Å². The van der Waals surface area contributed by atoms with E-state index in [-0.39, 0.29) is 36.3 Å². The van der Waals surface area contributed by atoms with Crippen molar-refractivity contribution < 1.29 is 9.59 Å². The first-order valence-electron chi connectivity index (χ1n) is 9.73. The highest BCUT2D eigenvalue weighted by Crippen LogP contribution is 2.25. The number of nitrogens with zero attached hydrogens (tertiary/aromatic N) is 2. The first-order chi connectivity index (χ1) is 11.6. The highest BCUT2D eigenvalue weighted by atomic mass is 35.5. The lowest BCUT2D eigenvalue weighted by Gasteiger charge is -2.38. The number of halogens is 1. The van der Waals surface area contributed by atoms with E-state index in [9.17, 15) is 9.59 Å². The van der Waals surface area contributed by atoms with Crippen LogP contribution < -0.4 is 11.1 Å². The van der Waals surface area contributed by atoms with Gasteiger partial charge in [-0.1, -0.05) is 25.7 Å². The van der Waals surface area contributed by atoms with Crippen LogP contribution in [0.5, 0.6) is 0 Å². The van der Waals surface area contributed by atoms with Crippen molar-refractivity contribution in [3.8, 4) is 0 Å². The van der Waals surface area contributed by atoms with Crippen LogP contribution in [0.1, 0.15) is 57.8 Å². The lowest BCUT2D eigenvalue weighted by molar-refractivity contribution is -0.138. The average molecular weight is 373 g/mol. The lowest BCUT2D eigenvalue weighted by atomic mass is 9.85. The van der Waals surface area contributed by atoms with E-state index in [1.807, 2.05) is 9.80 Å². The van der Waals surface area contributed by atoms with Gasteiger partial charge in [0.15, 0.2) is 0 Å². The van der Waals surface area contributed by atoms with Gasteiger partial charge in [-0.15, -0.1) is 12.4 Å². The molecule has 2 atom stereocenters. The summed E-state index contributed by atoms with van der Waals surface area (Å²) in [6.07, 6.45) is 9.82. The van der Waals surface area contributed by atoms with Gasteiger partial charge < -0.3 is 20.9 Å². The largest absolute Gasteiger partial charge is 0.339 e. The Morgan fingerprint density at radius 3 is 2.12 bits per heavy atom. The topological polar surface area (TPSA) is 78.7 Å². The van der Waals surface area contributed by atoms with E-state index in [1.54, 1.807) is 0 Å². The minimum absolute atomic E-state index is 0. The molecule has 25 heavy (non-hydrogen) atoms. The van der Waals surface area contributed by atoms with Gasteiger partial charge in [-0.3, -0.25) is 4.79 Å². The van der Waals surface area contributed by atoms with Crippen LogP contribution >= 0.6 is 12.4 Å². The zero-order valence-electron chi connectivity index (χ0n) is 15.1. The second kappa shape index (κ2) is 9.62. The predicted octanol–water partition coefficient (Wildman–Crippen LogP) is 2.11. The summed E-state index contributed by atoms with van der Waals surface area (Å²) in [5.41, 5.74) is 6.01. The molecule has 1 heterocycles. The zero-order valence-corrected chi connectivity index (χ0v) is 15.9. The van der Waals surface area contributed by atoms with E-state index < -0.39 is 0 Å². The smallest absolute Gasteiger partial charge is 0.317 e. The predicted molar refractivity (Wildman–Crippen MR) is 101 cm³/mol. The maximum atomic E-state index is 12.6. The van der Waals surface area contributed by atoms with Gasteiger partial charge in [-0.25, -0.2) is 4.79 Å². The number of carbonyl (C=O) groups is 2. The molecule has 0 spiro atoms. The summed E-state index contributed by atoms with van der Waals surface area (Å²) < 4.78 is 0. The minimum atomic E-state index is 0. The number of carbonyl (C=O) groups excluding carboxylic acids is 2. The van der Waals surface area contributed by atoms with Gasteiger partial charge in [0.2, 0.25) is 5.91 Å². The molecular formula is C18H33ClN4O2. The molecule has 1 saturated heterocycles. The monoisotopic (exact) mass is 372 g/mol. The molecule has 6 nitrogen and oxygen atoms in total. The first-order valence-corrected chi connectivity index (χ1v) is 9.73. The average Bonchev–Trinajstić information content (AvgIpc) is 2.62. The van der Waals surface area contributed by atoms with Crippen LogP contribution in [-0.2, 0) is 4.79 Å². The van der Waals surface area contributed by atoms with Crippen LogP contribution in [0, 0.1) is 5.92 Å². The Morgan fingerprint density at radius 2 is 1.48 bits per heavy atom. The van der Waals surface area contributed by atoms with E-state index in [2.05, 4.69) is 5.32 Å². The number of amides is 3. The van der Waals surface area contributed by atoms with Crippen molar-refractivity contribution in [1.82, 2.24) is 15.1 Å². The second-order valence-electron chi connectivity index (χ2n) is 7.72. The molecule has 0 aromatic carbocycles. The highest BCUT2D eigenvalue weighted by molar-refractivity contribution is 5.85. The summed E-state index contributed by atoms with van der Waals surface area (Å²) in [4.78, 5) is 28.8. The number of nitrogens with one attached hydrogen (secondary N) is 1. The third-order valence-corrected chi connectivity index (χ3v) is 5.88. The van der Waals surface area contributed by atoms with Gasteiger partial charge in [0.1, 0.15) is 0 Å². The molecule has 7 heteroatoms. The normalized spacial score (nSPS) is 28.2. The fraction of sp³-hybridized carbons (Fsp3) is 0.889. The molecule has 0 aromatic rings. The summed E-state index contributed by atoms with van der Waals surface area (Å²) in [6, 6.07) is 0.568. The van der Waals surface area contributed by atoms with Crippen LogP contribution in [0.2, 0.25) is 0 Å². The molecule has 144 valence electrons. The fourth-order valence-electron chi connectivity index (χ4n) is 4.35. The van der Waals surface area contributed by atoms with Gasteiger partial charge in [0.05, 0.1) is 0 Å². The molecule has 3 aliphatic rings. The Balaban J connectivity index is 0.00000225. The number of hydrogen-bond acceptors (Lipinski definition) is 3. The number of urea groups is 1. The SMILES string of the molecule is Cl.NC1CCCC(C(=O)N2CCN(C(=O)NC3CCCCC3)CC2)C1. The molecule has 0 aromatic heterocycles. The van der Waals surface area contributed by atoms with E-state index in [0.29, 0.717) is 32.2 Å². The van der Waals surface area contributed by atoms with Gasteiger partial charge in [0, 0.05) is 44.2 Å². The van der Waals surface area contributed by atoms with Crippen molar-refractivity contribution in [1.29, 1.82) is 0 Å². The van der Waals surface area contributed by atoms with Crippen LogP contribution in [0.4, 0.5) is 4.79 Å². The fourth-order valence-corrected chi connectivity index (χ4v) is 4.35. The van der Waals surface area contributed by atoms with Crippen molar-refractivity contribution in [2.24, 2.45) is 11.7 Å². The summed E-state index contributed by atoms with van der Waals surface area (Å²) >= 11 is 0. The molecular weight excluding hydrogens is 340 g/mol. The Hall–Kier alpha value is -1.01. The number of piperazine rings is 1. The zero-order chi connectivity index (χ0) is 16.9.